The van der Waals surface area contributed by atoms with Gasteiger partial charge in [0.15, 0.2) is 0 Å². The van der Waals surface area contributed by atoms with Gasteiger partial charge in [-0.15, -0.1) is 0 Å². The lowest BCUT2D eigenvalue weighted by Gasteiger charge is -2.08. The van der Waals surface area contributed by atoms with E-state index in [0.717, 1.165) is 93.9 Å². The lowest BCUT2D eigenvalue weighted by atomic mass is 10.0. The van der Waals surface area contributed by atoms with Crippen LogP contribution in [0.2, 0.25) is 0 Å². The third-order valence-corrected chi connectivity index (χ3v) is 5.62. The van der Waals surface area contributed by atoms with Gasteiger partial charge >= 0.3 is 0 Å². The standard InChI is InChI=1S/C25H41N5O/c26-22(11-7-4-2-1-3-5-9-13-24(27)28)12-8-6-10-20-31-23-16-14-21(15-17-23)25-29-18-19-30-25/h14-17,26H,1-13,18-20H2,(H3,27,28)(H,29,30). The van der Waals surface area contributed by atoms with Crippen LogP contribution < -0.4 is 15.8 Å². The predicted octanol–water partition coefficient (Wildman–Crippen LogP) is 5.44. The Morgan fingerprint density at radius 2 is 1.42 bits per heavy atom. The first-order chi connectivity index (χ1) is 15.1. The van der Waals surface area contributed by atoms with Crippen LogP contribution in [0, 0.1) is 10.8 Å². The highest BCUT2D eigenvalue weighted by Gasteiger charge is 2.07. The highest BCUT2D eigenvalue weighted by Crippen LogP contribution is 2.15. The quantitative estimate of drug-likeness (QED) is 0.142. The number of amidine groups is 2. The predicted molar refractivity (Wildman–Crippen MR) is 131 cm³/mol. The Balaban J connectivity index is 1.38. The van der Waals surface area contributed by atoms with Crippen LogP contribution in [0.25, 0.3) is 0 Å². The van der Waals surface area contributed by atoms with Crippen LogP contribution >= 0.6 is 0 Å². The number of unbranched alkanes of at least 4 members (excludes halogenated alkanes) is 8. The average Bonchev–Trinajstić information content (AvgIpc) is 3.30. The van der Waals surface area contributed by atoms with E-state index >= 15 is 0 Å². The minimum atomic E-state index is 0.309. The van der Waals surface area contributed by atoms with Gasteiger partial charge in [-0.25, -0.2) is 0 Å². The zero-order chi connectivity index (χ0) is 22.2. The Bertz CT molecular complexity index is 684. The molecule has 1 aliphatic rings. The van der Waals surface area contributed by atoms with Gasteiger partial charge in [0.1, 0.15) is 11.6 Å². The van der Waals surface area contributed by atoms with Crippen molar-refractivity contribution in [1.29, 1.82) is 10.8 Å². The van der Waals surface area contributed by atoms with Gasteiger partial charge in [0.05, 0.1) is 19.0 Å². The molecule has 31 heavy (non-hydrogen) atoms. The topological polar surface area (TPSA) is 107 Å². The number of ether oxygens (including phenoxy) is 1. The molecule has 1 aromatic rings. The maximum atomic E-state index is 8.13. The number of rotatable bonds is 18. The SMILES string of the molecule is N=C(N)CCCCCCCCCC(=N)CCCCCOc1ccc(C2=NCCN2)cc1. The maximum absolute atomic E-state index is 8.13. The molecule has 0 aromatic heterocycles. The van der Waals surface area contributed by atoms with E-state index in [1.165, 1.54) is 32.1 Å². The fraction of sp³-hybridized carbons (Fsp3) is 0.640. The van der Waals surface area contributed by atoms with E-state index in [2.05, 4.69) is 22.4 Å². The van der Waals surface area contributed by atoms with Crippen LogP contribution in [0.4, 0.5) is 0 Å². The molecule has 6 nitrogen and oxygen atoms in total. The van der Waals surface area contributed by atoms with E-state index < -0.39 is 0 Å². The number of nitrogens with zero attached hydrogens (tertiary/aromatic N) is 1. The monoisotopic (exact) mass is 427 g/mol. The van der Waals surface area contributed by atoms with E-state index in [9.17, 15) is 0 Å². The summed E-state index contributed by atoms with van der Waals surface area (Å²) < 4.78 is 5.84. The van der Waals surface area contributed by atoms with Crippen molar-refractivity contribution in [3.63, 3.8) is 0 Å². The van der Waals surface area contributed by atoms with E-state index in [1.807, 2.05) is 12.1 Å². The Kier molecular flexibility index (Phi) is 12.4. The first kappa shape index (κ1) is 24.9. The summed E-state index contributed by atoms with van der Waals surface area (Å²) >= 11 is 0. The molecule has 0 radical (unpaired) electrons. The van der Waals surface area contributed by atoms with Crippen molar-refractivity contribution in [3.8, 4) is 5.75 Å². The van der Waals surface area contributed by atoms with Crippen molar-refractivity contribution in [1.82, 2.24) is 5.32 Å². The van der Waals surface area contributed by atoms with E-state index in [-0.39, 0.29) is 0 Å². The normalized spacial score (nSPS) is 13.0. The van der Waals surface area contributed by atoms with Gasteiger partial charge in [-0.1, -0.05) is 32.1 Å². The lowest BCUT2D eigenvalue weighted by molar-refractivity contribution is 0.305. The Hall–Kier alpha value is -2.37. The van der Waals surface area contributed by atoms with Gasteiger partial charge in [-0.2, -0.15) is 0 Å². The molecular formula is C25H41N5O. The van der Waals surface area contributed by atoms with Gasteiger partial charge in [-0.3, -0.25) is 10.4 Å². The molecule has 0 bridgehead atoms. The molecule has 0 fully saturated rings. The summed E-state index contributed by atoms with van der Waals surface area (Å²) in [5.41, 5.74) is 7.38. The molecule has 5 N–H and O–H groups in total. The molecular weight excluding hydrogens is 386 g/mol. The molecule has 0 saturated heterocycles. The van der Waals surface area contributed by atoms with Crippen LogP contribution in [0.3, 0.4) is 0 Å². The summed E-state index contributed by atoms with van der Waals surface area (Å²) in [5.74, 6) is 2.20. The summed E-state index contributed by atoms with van der Waals surface area (Å²) in [6.45, 7) is 2.52. The molecule has 1 heterocycles. The lowest BCUT2D eigenvalue weighted by Crippen LogP contribution is -2.19. The number of benzene rings is 1. The van der Waals surface area contributed by atoms with Gasteiger partial charge in [-0.05, 0) is 69.2 Å². The van der Waals surface area contributed by atoms with Crippen molar-refractivity contribution >= 4 is 17.4 Å². The van der Waals surface area contributed by atoms with Crippen LogP contribution in [-0.2, 0) is 0 Å². The first-order valence-electron chi connectivity index (χ1n) is 12.1. The number of nitrogens with one attached hydrogen (secondary N) is 3. The number of nitrogens with two attached hydrogens (primary N) is 1. The van der Waals surface area contributed by atoms with Crippen LogP contribution in [0.1, 0.15) is 89.0 Å². The van der Waals surface area contributed by atoms with Crippen molar-refractivity contribution in [2.75, 3.05) is 19.7 Å². The highest BCUT2D eigenvalue weighted by molar-refractivity contribution is 5.99. The molecule has 0 saturated carbocycles. The second-order valence-corrected chi connectivity index (χ2v) is 8.44. The third-order valence-electron chi connectivity index (χ3n) is 5.62. The highest BCUT2D eigenvalue weighted by atomic mass is 16.5. The van der Waals surface area contributed by atoms with E-state index in [4.69, 9.17) is 21.3 Å². The van der Waals surface area contributed by atoms with Crippen molar-refractivity contribution in [2.24, 2.45) is 10.7 Å². The van der Waals surface area contributed by atoms with Gasteiger partial charge in [0.2, 0.25) is 0 Å². The summed E-state index contributed by atoms with van der Waals surface area (Å²) in [7, 11) is 0. The van der Waals surface area contributed by atoms with Gasteiger partial charge in [0, 0.05) is 24.2 Å². The second-order valence-electron chi connectivity index (χ2n) is 8.44. The average molecular weight is 428 g/mol. The third kappa shape index (κ3) is 11.6. The summed E-state index contributed by atoms with van der Waals surface area (Å²) in [5, 5.41) is 18.6. The first-order valence-corrected chi connectivity index (χ1v) is 12.1. The van der Waals surface area contributed by atoms with Crippen molar-refractivity contribution in [2.45, 2.75) is 83.5 Å². The molecule has 6 heteroatoms. The molecule has 172 valence electrons. The zero-order valence-electron chi connectivity index (χ0n) is 19.1. The molecule has 0 aliphatic carbocycles. The molecule has 0 amide bonds. The smallest absolute Gasteiger partial charge is 0.128 e. The minimum absolute atomic E-state index is 0.309. The summed E-state index contributed by atoms with van der Waals surface area (Å²) in [6.07, 6.45) is 14.2. The molecule has 1 aromatic carbocycles. The van der Waals surface area contributed by atoms with Crippen molar-refractivity contribution in [3.05, 3.63) is 29.8 Å². The maximum Gasteiger partial charge on any atom is 0.128 e. The number of hydrogen-bond donors (Lipinski definition) is 4. The van der Waals surface area contributed by atoms with Crippen LogP contribution in [0.5, 0.6) is 5.75 Å². The van der Waals surface area contributed by atoms with Crippen LogP contribution in [-0.4, -0.2) is 37.1 Å². The molecule has 0 atom stereocenters. The van der Waals surface area contributed by atoms with E-state index in [1.54, 1.807) is 0 Å². The van der Waals surface area contributed by atoms with Crippen LogP contribution in [0.15, 0.2) is 29.3 Å². The number of hydrogen-bond acceptors (Lipinski definition) is 5. The molecule has 1 aliphatic heterocycles. The minimum Gasteiger partial charge on any atom is -0.494 e. The van der Waals surface area contributed by atoms with Gasteiger partial charge < -0.3 is 21.2 Å². The zero-order valence-corrected chi connectivity index (χ0v) is 19.1. The Morgan fingerprint density at radius 1 is 0.839 bits per heavy atom. The summed E-state index contributed by atoms with van der Waals surface area (Å²) in [4.78, 5) is 4.43. The van der Waals surface area contributed by atoms with E-state index in [0.29, 0.717) is 5.84 Å². The summed E-state index contributed by atoms with van der Waals surface area (Å²) in [6, 6.07) is 8.14. The second kappa shape index (κ2) is 15.4. The van der Waals surface area contributed by atoms with Crippen molar-refractivity contribution < 1.29 is 4.74 Å². The molecule has 0 unspecified atom stereocenters. The largest absolute Gasteiger partial charge is 0.494 e. The Morgan fingerprint density at radius 3 is 2.00 bits per heavy atom. The van der Waals surface area contributed by atoms with Gasteiger partial charge in [0.25, 0.3) is 0 Å². The fourth-order valence-corrected chi connectivity index (χ4v) is 3.77. The fourth-order valence-electron chi connectivity index (χ4n) is 3.77. The molecule has 2 rings (SSSR count). The Labute approximate surface area is 188 Å². The molecule has 0 spiro atoms. The number of aliphatic imine (C=N–C) groups is 1.